The molecule has 0 fully saturated rings. The lowest BCUT2D eigenvalue weighted by molar-refractivity contribution is -0.179. The molecule has 0 radical (unpaired) electrons. The van der Waals surface area contributed by atoms with Crippen molar-refractivity contribution in [3.05, 3.63) is 18.2 Å². The zero-order chi connectivity index (χ0) is 14.5. The molecule has 108 valence electrons. The molecule has 1 rings (SSSR count). The first-order valence-corrected chi connectivity index (χ1v) is 6.45. The summed E-state index contributed by atoms with van der Waals surface area (Å²) < 4.78 is 4.88. The molecular weight excluding hydrogens is 248 g/mol. The van der Waals surface area contributed by atoms with Crippen LogP contribution in [0.5, 0.6) is 0 Å². The summed E-state index contributed by atoms with van der Waals surface area (Å²) in [5, 5.41) is 20.7. The van der Waals surface area contributed by atoms with E-state index in [-0.39, 0.29) is 18.9 Å². The highest BCUT2D eigenvalue weighted by atomic mass is 16.6. The van der Waals surface area contributed by atoms with Crippen LogP contribution in [-0.4, -0.2) is 44.5 Å². The Balaban J connectivity index is 2.91. The SMILES string of the molecule is CCOC(=O)[C@@](O)(Cc1cnc[nH]1)[C@@H](O)CC(C)C. The fourth-order valence-electron chi connectivity index (χ4n) is 1.90. The van der Waals surface area contributed by atoms with Crippen molar-refractivity contribution in [1.82, 2.24) is 9.97 Å². The number of hydrogen-bond acceptors (Lipinski definition) is 5. The number of imidazole rings is 1. The summed E-state index contributed by atoms with van der Waals surface area (Å²) >= 11 is 0. The molecule has 6 nitrogen and oxygen atoms in total. The largest absolute Gasteiger partial charge is 0.464 e. The minimum atomic E-state index is -1.95. The van der Waals surface area contributed by atoms with E-state index in [1.807, 2.05) is 13.8 Å². The minimum absolute atomic E-state index is 0.0558. The van der Waals surface area contributed by atoms with Crippen LogP contribution in [0.15, 0.2) is 12.5 Å². The smallest absolute Gasteiger partial charge is 0.341 e. The number of carbonyl (C=O) groups is 1. The minimum Gasteiger partial charge on any atom is -0.464 e. The van der Waals surface area contributed by atoms with Crippen LogP contribution < -0.4 is 0 Å². The third-order valence-corrected chi connectivity index (χ3v) is 2.89. The van der Waals surface area contributed by atoms with Gasteiger partial charge in [0.15, 0.2) is 5.60 Å². The van der Waals surface area contributed by atoms with E-state index in [1.165, 1.54) is 12.5 Å². The molecule has 1 aromatic rings. The molecule has 0 spiro atoms. The van der Waals surface area contributed by atoms with Crippen molar-refractivity contribution in [2.75, 3.05) is 6.61 Å². The second-order valence-electron chi connectivity index (χ2n) is 5.04. The van der Waals surface area contributed by atoms with Gasteiger partial charge in [0.25, 0.3) is 0 Å². The number of H-pyrrole nitrogens is 1. The maximum Gasteiger partial charge on any atom is 0.341 e. The van der Waals surface area contributed by atoms with Gasteiger partial charge in [-0.25, -0.2) is 9.78 Å². The van der Waals surface area contributed by atoms with Crippen molar-refractivity contribution in [2.45, 2.75) is 45.3 Å². The van der Waals surface area contributed by atoms with Crippen LogP contribution in [0.1, 0.15) is 32.9 Å². The van der Waals surface area contributed by atoms with Crippen molar-refractivity contribution in [1.29, 1.82) is 0 Å². The number of hydrogen-bond donors (Lipinski definition) is 3. The molecule has 1 heterocycles. The van der Waals surface area contributed by atoms with Crippen molar-refractivity contribution in [2.24, 2.45) is 5.92 Å². The number of nitrogens with one attached hydrogen (secondary N) is 1. The molecule has 0 unspecified atom stereocenters. The van der Waals surface area contributed by atoms with Gasteiger partial charge in [-0.15, -0.1) is 0 Å². The standard InChI is InChI=1S/C13H22N2O4/c1-4-19-12(17)13(18,11(16)5-9(2)3)6-10-7-14-8-15-10/h7-9,11,16,18H,4-6H2,1-3H3,(H,14,15)/t11-,13+/m0/s1. The van der Waals surface area contributed by atoms with E-state index < -0.39 is 17.7 Å². The molecular formula is C13H22N2O4. The average molecular weight is 270 g/mol. The first kappa shape index (κ1) is 15.7. The molecule has 19 heavy (non-hydrogen) atoms. The van der Waals surface area contributed by atoms with Crippen LogP contribution in [0.25, 0.3) is 0 Å². The summed E-state index contributed by atoms with van der Waals surface area (Å²) in [5.41, 5.74) is -1.38. The lowest BCUT2D eigenvalue weighted by Gasteiger charge is -2.31. The van der Waals surface area contributed by atoms with Crippen molar-refractivity contribution >= 4 is 5.97 Å². The first-order chi connectivity index (χ1) is 8.90. The zero-order valence-electron chi connectivity index (χ0n) is 11.6. The number of aliphatic hydroxyl groups excluding tert-OH is 1. The molecule has 0 bridgehead atoms. The topological polar surface area (TPSA) is 95.4 Å². The molecule has 3 N–H and O–H groups in total. The first-order valence-electron chi connectivity index (χ1n) is 6.45. The molecule has 0 aliphatic rings. The molecule has 0 aliphatic heterocycles. The van der Waals surface area contributed by atoms with Crippen molar-refractivity contribution < 1.29 is 19.7 Å². The normalized spacial score (nSPS) is 16.1. The maximum atomic E-state index is 11.9. The summed E-state index contributed by atoms with van der Waals surface area (Å²) in [6.07, 6.45) is 2.03. The van der Waals surface area contributed by atoms with Crippen LogP contribution in [0.3, 0.4) is 0 Å². The molecule has 0 saturated heterocycles. The number of ether oxygens (including phenoxy) is 1. The molecule has 0 saturated carbocycles. The summed E-state index contributed by atoms with van der Waals surface area (Å²) in [5.74, 6) is -0.657. The van der Waals surface area contributed by atoms with E-state index in [2.05, 4.69) is 9.97 Å². The highest BCUT2D eigenvalue weighted by Crippen LogP contribution is 2.23. The van der Waals surface area contributed by atoms with Crippen molar-refractivity contribution in [3.8, 4) is 0 Å². The molecule has 2 atom stereocenters. The number of aromatic amines is 1. The Morgan fingerprint density at radius 3 is 2.74 bits per heavy atom. The third-order valence-electron chi connectivity index (χ3n) is 2.89. The van der Waals surface area contributed by atoms with Gasteiger partial charge in [0, 0.05) is 18.3 Å². The van der Waals surface area contributed by atoms with Gasteiger partial charge in [0.1, 0.15) is 0 Å². The monoisotopic (exact) mass is 270 g/mol. The Labute approximate surface area is 112 Å². The van der Waals surface area contributed by atoms with Crippen LogP contribution in [0.2, 0.25) is 0 Å². The van der Waals surface area contributed by atoms with Gasteiger partial charge in [0.2, 0.25) is 0 Å². The average Bonchev–Trinajstić information content (AvgIpc) is 2.80. The highest BCUT2D eigenvalue weighted by molar-refractivity contribution is 5.80. The van der Waals surface area contributed by atoms with E-state index in [1.54, 1.807) is 6.92 Å². The van der Waals surface area contributed by atoms with Crippen LogP contribution in [0, 0.1) is 5.92 Å². The molecule has 0 aromatic carbocycles. The number of carbonyl (C=O) groups excluding carboxylic acids is 1. The summed E-state index contributed by atoms with van der Waals surface area (Å²) in [4.78, 5) is 18.6. The Bertz CT molecular complexity index is 391. The molecule has 0 amide bonds. The van der Waals surface area contributed by atoms with Gasteiger partial charge < -0.3 is 19.9 Å². The Kier molecular flexibility index (Phi) is 5.50. The van der Waals surface area contributed by atoms with Gasteiger partial charge in [0.05, 0.1) is 19.0 Å². The van der Waals surface area contributed by atoms with E-state index in [0.717, 1.165) is 0 Å². The van der Waals surface area contributed by atoms with Crippen LogP contribution in [0.4, 0.5) is 0 Å². The van der Waals surface area contributed by atoms with Gasteiger partial charge in [-0.2, -0.15) is 0 Å². The van der Waals surface area contributed by atoms with E-state index in [9.17, 15) is 15.0 Å². The van der Waals surface area contributed by atoms with Gasteiger partial charge in [-0.3, -0.25) is 0 Å². The second-order valence-corrected chi connectivity index (χ2v) is 5.04. The fourth-order valence-corrected chi connectivity index (χ4v) is 1.90. The van der Waals surface area contributed by atoms with Gasteiger partial charge in [-0.1, -0.05) is 13.8 Å². The summed E-state index contributed by atoms with van der Waals surface area (Å²) in [7, 11) is 0. The van der Waals surface area contributed by atoms with E-state index in [4.69, 9.17) is 4.74 Å². The number of esters is 1. The Morgan fingerprint density at radius 2 is 2.26 bits per heavy atom. The number of nitrogens with zero attached hydrogens (tertiary/aromatic N) is 1. The summed E-state index contributed by atoms with van der Waals surface area (Å²) in [6.45, 7) is 5.62. The predicted molar refractivity (Wildman–Crippen MR) is 69.3 cm³/mol. The predicted octanol–water partition coefficient (Wildman–Crippen LogP) is 0.653. The van der Waals surface area contributed by atoms with Crippen LogP contribution in [-0.2, 0) is 16.0 Å². The Morgan fingerprint density at radius 1 is 1.58 bits per heavy atom. The highest BCUT2D eigenvalue weighted by Gasteiger charge is 2.45. The molecule has 1 aromatic heterocycles. The third kappa shape index (κ3) is 4.04. The van der Waals surface area contributed by atoms with E-state index >= 15 is 0 Å². The number of rotatable bonds is 7. The Hall–Kier alpha value is -1.40. The summed E-state index contributed by atoms with van der Waals surface area (Å²) in [6, 6.07) is 0. The quantitative estimate of drug-likeness (QED) is 0.632. The maximum absolute atomic E-state index is 11.9. The number of aliphatic hydroxyl groups is 2. The lowest BCUT2D eigenvalue weighted by Crippen LogP contribution is -2.52. The number of aromatic nitrogens is 2. The van der Waals surface area contributed by atoms with Gasteiger partial charge in [-0.05, 0) is 19.3 Å². The molecule has 0 aliphatic carbocycles. The fraction of sp³-hybridized carbons (Fsp3) is 0.692. The van der Waals surface area contributed by atoms with Gasteiger partial charge >= 0.3 is 5.97 Å². The zero-order valence-corrected chi connectivity index (χ0v) is 11.6. The van der Waals surface area contributed by atoms with Crippen molar-refractivity contribution in [3.63, 3.8) is 0 Å². The molecule has 6 heteroatoms. The van der Waals surface area contributed by atoms with E-state index in [0.29, 0.717) is 12.1 Å². The van der Waals surface area contributed by atoms with Crippen LogP contribution >= 0.6 is 0 Å². The second kappa shape index (κ2) is 6.68. The lowest BCUT2D eigenvalue weighted by atomic mass is 9.86.